The van der Waals surface area contributed by atoms with Gasteiger partial charge in [0.25, 0.3) is 0 Å². The van der Waals surface area contributed by atoms with Gasteiger partial charge in [0.1, 0.15) is 10.0 Å². The lowest BCUT2D eigenvalue weighted by molar-refractivity contribution is 0.385. The first-order valence-corrected chi connectivity index (χ1v) is 10.1. The number of pyridine rings is 1. The zero-order valence-corrected chi connectivity index (χ0v) is 15.9. The van der Waals surface area contributed by atoms with Gasteiger partial charge in [-0.05, 0) is 29.8 Å². The zero-order valence-electron chi connectivity index (χ0n) is 13.5. The lowest BCUT2D eigenvalue weighted by Crippen LogP contribution is -1.89. The van der Waals surface area contributed by atoms with Gasteiger partial charge in [-0.3, -0.25) is 4.98 Å². The third-order valence-corrected chi connectivity index (χ3v) is 5.89. The molecule has 3 aromatic heterocycles. The van der Waals surface area contributed by atoms with Gasteiger partial charge in [0, 0.05) is 22.4 Å². The Balaban J connectivity index is 1.38. The van der Waals surface area contributed by atoms with Gasteiger partial charge in [-0.2, -0.15) is 4.98 Å². The highest BCUT2D eigenvalue weighted by molar-refractivity contribution is 8.00. The maximum absolute atomic E-state index is 5.91. The van der Waals surface area contributed by atoms with Crippen LogP contribution in [0.15, 0.2) is 62.9 Å². The molecule has 5 nitrogen and oxygen atoms in total. The summed E-state index contributed by atoms with van der Waals surface area (Å²) in [5.41, 5.74) is 2.83. The second kappa shape index (κ2) is 7.99. The molecule has 0 aliphatic heterocycles. The van der Waals surface area contributed by atoms with Gasteiger partial charge in [-0.15, -0.1) is 11.3 Å². The van der Waals surface area contributed by atoms with Crippen LogP contribution < -0.4 is 0 Å². The number of benzene rings is 1. The number of thioether (sulfide) groups is 1. The number of rotatable bonds is 6. The minimum absolute atomic E-state index is 0.494. The van der Waals surface area contributed by atoms with Gasteiger partial charge in [-0.25, -0.2) is 4.98 Å². The zero-order chi connectivity index (χ0) is 17.8. The van der Waals surface area contributed by atoms with E-state index in [2.05, 4.69) is 20.1 Å². The van der Waals surface area contributed by atoms with Crippen LogP contribution in [0.1, 0.15) is 17.1 Å². The topological polar surface area (TPSA) is 64.7 Å². The maximum atomic E-state index is 5.91. The lowest BCUT2D eigenvalue weighted by atomic mass is 10.2. The molecule has 0 saturated heterocycles. The molecule has 26 heavy (non-hydrogen) atoms. The average molecular weight is 401 g/mol. The smallest absolute Gasteiger partial charge is 0.233 e. The number of halogens is 1. The molecule has 0 radical (unpaired) electrons. The van der Waals surface area contributed by atoms with E-state index in [1.807, 2.05) is 47.8 Å². The van der Waals surface area contributed by atoms with Crippen LogP contribution in [0.4, 0.5) is 0 Å². The van der Waals surface area contributed by atoms with Gasteiger partial charge in [0.05, 0.1) is 12.1 Å². The molecule has 0 atom stereocenters. The van der Waals surface area contributed by atoms with Crippen molar-refractivity contribution in [1.82, 2.24) is 20.1 Å². The van der Waals surface area contributed by atoms with Crippen molar-refractivity contribution in [1.29, 1.82) is 0 Å². The summed E-state index contributed by atoms with van der Waals surface area (Å²) in [6, 6.07) is 13.5. The Morgan fingerprint density at radius 3 is 2.77 bits per heavy atom. The Morgan fingerprint density at radius 1 is 1.08 bits per heavy atom. The molecule has 0 aliphatic carbocycles. The van der Waals surface area contributed by atoms with E-state index in [4.69, 9.17) is 16.1 Å². The molecule has 0 saturated carbocycles. The summed E-state index contributed by atoms with van der Waals surface area (Å²) in [4.78, 5) is 13.2. The molecule has 8 heteroatoms. The van der Waals surface area contributed by atoms with Crippen LogP contribution >= 0.6 is 34.7 Å². The standard InChI is InChI=1S/C18H13ClN4OS2/c19-13-6-4-12(5-7-13)10-25-18-21-14(11-26-18)9-16-22-17(23-24-16)15-3-1-2-8-20-15/h1-8,11H,9-10H2. The molecular formula is C18H13ClN4OS2. The predicted molar refractivity (Wildman–Crippen MR) is 103 cm³/mol. The summed E-state index contributed by atoms with van der Waals surface area (Å²) in [5.74, 6) is 1.88. The average Bonchev–Trinajstić information content (AvgIpc) is 3.32. The van der Waals surface area contributed by atoms with Crippen LogP contribution in [0.3, 0.4) is 0 Å². The Kier molecular flexibility index (Phi) is 5.29. The number of hydrogen-bond donors (Lipinski definition) is 0. The molecule has 3 heterocycles. The predicted octanol–water partition coefficient (Wildman–Crippen LogP) is 5.12. The highest BCUT2D eigenvalue weighted by atomic mass is 35.5. The molecule has 0 bridgehead atoms. The van der Waals surface area contributed by atoms with E-state index in [1.54, 1.807) is 29.3 Å². The highest BCUT2D eigenvalue weighted by Gasteiger charge is 2.12. The molecule has 0 amide bonds. The van der Waals surface area contributed by atoms with Crippen LogP contribution in [0.2, 0.25) is 5.02 Å². The number of nitrogens with zero attached hydrogens (tertiary/aromatic N) is 4. The summed E-state index contributed by atoms with van der Waals surface area (Å²) in [5, 5.41) is 6.76. The van der Waals surface area contributed by atoms with Crippen molar-refractivity contribution in [2.45, 2.75) is 16.5 Å². The van der Waals surface area contributed by atoms with Gasteiger partial charge >= 0.3 is 0 Å². The van der Waals surface area contributed by atoms with Crippen molar-refractivity contribution in [3.63, 3.8) is 0 Å². The molecular weight excluding hydrogens is 388 g/mol. The Morgan fingerprint density at radius 2 is 1.96 bits per heavy atom. The van der Waals surface area contributed by atoms with Crippen LogP contribution in [-0.2, 0) is 12.2 Å². The van der Waals surface area contributed by atoms with Crippen LogP contribution in [0.25, 0.3) is 11.5 Å². The van der Waals surface area contributed by atoms with Gasteiger partial charge in [0.15, 0.2) is 0 Å². The fourth-order valence-corrected chi connectivity index (χ4v) is 4.17. The Bertz CT molecular complexity index is 986. The van der Waals surface area contributed by atoms with Gasteiger partial charge < -0.3 is 4.52 Å². The van der Waals surface area contributed by atoms with Crippen molar-refractivity contribution in [3.05, 3.63) is 76.2 Å². The SMILES string of the molecule is Clc1ccc(CSc2nc(Cc3nc(-c4ccccn4)no3)cs2)cc1. The summed E-state index contributed by atoms with van der Waals surface area (Å²) >= 11 is 9.23. The minimum Gasteiger partial charge on any atom is -0.338 e. The molecule has 4 rings (SSSR count). The lowest BCUT2D eigenvalue weighted by Gasteiger charge is -1.98. The van der Waals surface area contributed by atoms with Crippen molar-refractivity contribution >= 4 is 34.7 Å². The third-order valence-electron chi connectivity index (χ3n) is 3.50. The largest absolute Gasteiger partial charge is 0.338 e. The van der Waals surface area contributed by atoms with E-state index in [-0.39, 0.29) is 0 Å². The van der Waals surface area contributed by atoms with E-state index in [1.165, 1.54) is 5.56 Å². The molecule has 0 spiro atoms. The summed E-state index contributed by atoms with van der Waals surface area (Å²) in [6.45, 7) is 0. The van der Waals surface area contributed by atoms with E-state index in [0.717, 1.165) is 20.8 Å². The van der Waals surface area contributed by atoms with Crippen LogP contribution in [0.5, 0.6) is 0 Å². The first kappa shape index (κ1) is 17.2. The van der Waals surface area contributed by atoms with Crippen LogP contribution in [0, 0.1) is 0 Å². The first-order valence-electron chi connectivity index (χ1n) is 7.82. The first-order chi connectivity index (χ1) is 12.8. The molecule has 0 fully saturated rings. The van der Waals surface area contributed by atoms with Crippen molar-refractivity contribution in [2.24, 2.45) is 0 Å². The van der Waals surface area contributed by atoms with E-state index >= 15 is 0 Å². The second-order valence-corrected chi connectivity index (χ2v) is 7.94. The quantitative estimate of drug-likeness (QED) is 0.418. The Labute approximate surface area is 163 Å². The number of hydrogen-bond acceptors (Lipinski definition) is 7. The Hall–Kier alpha value is -2.22. The summed E-state index contributed by atoms with van der Waals surface area (Å²) < 4.78 is 6.33. The maximum Gasteiger partial charge on any atom is 0.233 e. The molecule has 0 N–H and O–H groups in total. The minimum atomic E-state index is 0.494. The monoisotopic (exact) mass is 400 g/mol. The molecule has 4 aromatic rings. The third kappa shape index (κ3) is 4.30. The van der Waals surface area contributed by atoms with Crippen molar-refractivity contribution < 1.29 is 4.52 Å². The number of aromatic nitrogens is 4. The van der Waals surface area contributed by atoms with Crippen LogP contribution in [-0.4, -0.2) is 20.1 Å². The molecule has 130 valence electrons. The summed E-state index contributed by atoms with van der Waals surface area (Å²) in [6.07, 6.45) is 2.22. The molecule has 1 aromatic carbocycles. The second-order valence-electron chi connectivity index (χ2n) is 5.42. The molecule has 0 unspecified atom stereocenters. The fraction of sp³-hybridized carbons (Fsp3) is 0.111. The highest BCUT2D eigenvalue weighted by Crippen LogP contribution is 2.27. The van der Waals surface area contributed by atoms with E-state index in [0.29, 0.717) is 23.8 Å². The molecule has 0 aliphatic rings. The van der Waals surface area contributed by atoms with Gasteiger partial charge in [0.2, 0.25) is 11.7 Å². The van der Waals surface area contributed by atoms with E-state index < -0.39 is 0 Å². The van der Waals surface area contributed by atoms with Gasteiger partial charge in [-0.1, -0.05) is 46.7 Å². The normalized spacial score (nSPS) is 11.0. The fourth-order valence-electron chi connectivity index (χ4n) is 2.24. The van der Waals surface area contributed by atoms with E-state index in [9.17, 15) is 0 Å². The number of thiazole rings is 1. The summed E-state index contributed by atoms with van der Waals surface area (Å²) in [7, 11) is 0. The van der Waals surface area contributed by atoms with Crippen molar-refractivity contribution in [3.8, 4) is 11.5 Å². The van der Waals surface area contributed by atoms with Crippen molar-refractivity contribution in [2.75, 3.05) is 0 Å².